The summed E-state index contributed by atoms with van der Waals surface area (Å²) in [4.78, 5) is 31.0. The first-order valence-electron chi connectivity index (χ1n) is 9.75. The van der Waals surface area contributed by atoms with E-state index in [4.69, 9.17) is 4.42 Å². The molecule has 2 heterocycles. The zero-order valence-electron chi connectivity index (χ0n) is 16.5. The highest BCUT2D eigenvalue weighted by atomic mass is 16.4. The summed E-state index contributed by atoms with van der Waals surface area (Å²) in [6.07, 6.45) is 3.65. The van der Waals surface area contributed by atoms with E-state index in [2.05, 4.69) is 17.2 Å². The number of hydrogen-bond acceptors (Lipinski definition) is 4. The Labute approximate surface area is 169 Å². The van der Waals surface area contributed by atoms with Gasteiger partial charge in [-0.3, -0.25) is 9.69 Å². The van der Waals surface area contributed by atoms with E-state index in [1.807, 2.05) is 54.6 Å². The Morgan fingerprint density at radius 3 is 2.48 bits per heavy atom. The summed E-state index contributed by atoms with van der Waals surface area (Å²) in [5.74, 6) is 0.599. The molecular formula is C23H23N3O3. The van der Waals surface area contributed by atoms with E-state index in [1.165, 1.54) is 5.56 Å². The zero-order valence-corrected chi connectivity index (χ0v) is 16.5. The predicted octanol–water partition coefficient (Wildman–Crippen LogP) is 4.26. The highest BCUT2D eigenvalue weighted by Gasteiger charge is 2.49. The van der Waals surface area contributed by atoms with Crippen molar-refractivity contribution in [2.24, 2.45) is 0 Å². The second kappa shape index (κ2) is 7.54. The van der Waals surface area contributed by atoms with Crippen molar-refractivity contribution in [3.63, 3.8) is 0 Å². The molecule has 0 bridgehead atoms. The van der Waals surface area contributed by atoms with Gasteiger partial charge in [-0.15, -0.1) is 0 Å². The van der Waals surface area contributed by atoms with Gasteiger partial charge in [0, 0.05) is 5.56 Å². The lowest BCUT2D eigenvalue weighted by Crippen LogP contribution is -2.40. The molecule has 0 aliphatic carbocycles. The Kier molecular flexibility index (Phi) is 4.92. The van der Waals surface area contributed by atoms with E-state index in [0.717, 1.165) is 28.9 Å². The molecule has 1 N–H and O–H groups in total. The summed E-state index contributed by atoms with van der Waals surface area (Å²) in [6.45, 7) is 3.84. The minimum Gasteiger partial charge on any atom is -0.439 e. The number of imide groups is 1. The van der Waals surface area contributed by atoms with E-state index < -0.39 is 11.6 Å². The molecule has 1 saturated heterocycles. The Bertz CT molecular complexity index is 1030. The Hall–Kier alpha value is -3.41. The van der Waals surface area contributed by atoms with Gasteiger partial charge in [0.15, 0.2) is 5.76 Å². The predicted molar refractivity (Wildman–Crippen MR) is 109 cm³/mol. The summed E-state index contributed by atoms with van der Waals surface area (Å²) in [6, 6.07) is 16.9. The molecule has 0 saturated carbocycles. The van der Waals surface area contributed by atoms with Crippen LogP contribution in [0.25, 0.3) is 11.3 Å². The van der Waals surface area contributed by atoms with Gasteiger partial charge in [-0.25, -0.2) is 9.78 Å². The van der Waals surface area contributed by atoms with Crippen molar-refractivity contribution < 1.29 is 14.0 Å². The fraction of sp³-hybridized carbons (Fsp3) is 0.261. The van der Waals surface area contributed by atoms with Gasteiger partial charge in [-0.05, 0) is 24.5 Å². The van der Waals surface area contributed by atoms with Crippen LogP contribution in [0, 0.1) is 0 Å². The van der Waals surface area contributed by atoms with Crippen LogP contribution in [0.4, 0.5) is 4.79 Å². The molecular weight excluding hydrogens is 366 g/mol. The molecule has 3 amide bonds. The lowest BCUT2D eigenvalue weighted by molar-refractivity contribution is -0.131. The standard InChI is InChI=1S/C23H23N3O3/c1-3-7-16-10-12-18(13-11-16)23(2)21(27)26(22(28)25-23)15-20-24-14-19(29-20)17-8-5-4-6-9-17/h4-6,8-14H,3,7,15H2,1-2H3,(H,25,28)/t23-/m0/s1. The summed E-state index contributed by atoms with van der Waals surface area (Å²) in [5, 5.41) is 2.82. The number of carbonyl (C=O) groups is 2. The maximum Gasteiger partial charge on any atom is 0.325 e. The van der Waals surface area contributed by atoms with Gasteiger partial charge in [-0.2, -0.15) is 0 Å². The van der Waals surface area contributed by atoms with Crippen molar-refractivity contribution in [3.8, 4) is 11.3 Å². The average molecular weight is 389 g/mol. The Balaban J connectivity index is 1.53. The van der Waals surface area contributed by atoms with Crippen LogP contribution in [0.2, 0.25) is 0 Å². The van der Waals surface area contributed by atoms with E-state index in [9.17, 15) is 9.59 Å². The van der Waals surface area contributed by atoms with E-state index in [1.54, 1.807) is 13.1 Å². The number of aryl methyl sites for hydroxylation is 1. The van der Waals surface area contributed by atoms with Gasteiger partial charge in [0.1, 0.15) is 12.1 Å². The quantitative estimate of drug-likeness (QED) is 0.639. The average Bonchev–Trinajstić information content (AvgIpc) is 3.29. The third-order valence-electron chi connectivity index (χ3n) is 5.25. The van der Waals surface area contributed by atoms with Crippen molar-refractivity contribution in [1.82, 2.24) is 15.2 Å². The van der Waals surface area contributed by atoms with Crippen molar-refractivity contribution in [2.75, 3.05) is 0 Å². The molecule has 1 aliphatic heterocycles. The summed E-state index contributed by atoms with van der Waals surface area (Å²) >= 11 is 0. The molecule has 2 aromatic carbocycles. The topological polar surface area (TPSA) is 75.4 Å². The second-order valence-corrected chi connectivity index (χ2v) is 7.38. The number of oxazole rings is 1. The van der Waals surface area contributed by atoms with Crippen LogP contribution < -0.4 is 5.32 Å². The smallest absolute Gasteiger partial charge is 0.325 e. The first-order chi connectivity index (χ1) is 14.0. The molecule has 29 heavy (non-hydrogen) atoms. The summed E-state index contributed by atoms with van der Waals surface area (Å²) in [5.41, 5.74) is 1.76. The van der Waals surface area contributed by atoms with E-state index in [0.29, 0.717) is 11.7 Å². The Morgan fingerprint density at radius 2 is 1.79 bits per heavy atom. The summed E-state index contributed by atoms with van der Waals surface area (Å²) < 4.78 is 5.76. The number of hydrogen-bond donors (Lipinski definition) is 1. The number of benzene rings is 2. The van der Waals surface area contributed by atoms with Gasteiger partial charge in [0.2, 0.25) is 5.89 Å². The number of carbonyl (C=O) groups excluding carboxylic acids is 2. The third kappa shape index (κ3) is 3.53. The normalized spacial score (nSPS) is 18.9. The maximum absolute atomic E-state index is 13.1. The number of rotatable bonds is 6. The first kappa shape index (κ1) is 18.9. The van der Waals surface area contributed by atoms with E-state index in [-0.39, 0.29) is 12.5 Å². The van der Waals surface area contributed by atoms with Gasteiger partial charge >= 0.3 is 6.03 Å². The number of amides is 3. The minimum absolute atomic E-state index is 0.0129. The van der Waals surface area contributed by atoms with Crippen molar-refractivity contribution >= 4 is 11.9 Å². The lowest BCUT2D eigenvalue weighted by atomic mass is 9.91. The fourth-order valence-electron chi connectivity index (χ4n) is 3.58. The SMILES string of the molecule is CCCc1ccc([C@]2(C)NC(=O)N(Cc3ncc(-c4ccccc4)o3)C2=O)cc1. The maximum atomic E-state index is 13.1. The number of nitrogens with one attached hydrogen (secondary N) is 1. The van der Waals surface area contributed by atoms with Gasteiger partial charge in [0.05, 0.1) is 6.20 Å². The molecule has 1 aliphatic rings. The number of aromatic nitrogens is 1. The molecule has 1 fully saturated rings. The van der Waals surface area contributed by atoms with Gasteiger partial charge < -0.3 is 9.73 Å². The van der Waals surface area contributed by atoms with Crippen LogP contribution in [-0.2, 0) is 23.3 Å². The zero-order chi connectivity index (χ0) is 20.4. The van der Waals surface area contributed by atoms with Crippen LogP contribution in [0.1, 0.15) is 37.3 Å². The molecule has 6 heteroatoms. The molecule has 0 unspecified atom stereocenters. The molecule has 0 radical (unpaired) electrons. The summed E-state index contributed by atoms with van der Waals surface area (Å²) in [7, 11) is 0. The van der Waals surface area contributed by atoms with Crippen molar-refractivity contribution in [3.05, 3.63) is 77.8 Å². The van der Waals surface area contributed by atoms with Crippen LogP contribution in [-0.4, -0.2) is 21.8 Å². The molecule has 0 spiro atoms. The van der Waals surface area contributed by atoms with Crippen molar-refractivity contribution in [2.45, 2.75) is 38.8 Å². The highest BCUT2D eigenvalue weighted by Crippen LogP contribution is 2.30. The number of urea groups is 1. The van der Waals surface area contributed by atoms with Crippen LogP contribution in [0.3, 0.4) is 0 Å². The molecule has 1 aromatic heterocycles. The van der Waals surface area contributed by atoms with Gasteiger partial charge in [0.25, 0.3) is 5.91 Å². The lowest BCUT2D eigenvalue weighted by Gasteiger charge is -2.22. The Morgan fingerprint density at radius 1 is 1.07 bits per heavy atom. The molecule has 4 rings (SSSR count). The van der Waals surface area contributed by atoms with Crippen molar-refractivity contribution in [1.29, 1.82) is 0 Å². The first-order valence-corrected chi connectivity index (χ1v) is 9.75. The van der Waals surface area contributed by atoms with Gasteiger partial charge in [-0.1, -0.05) is 67.9 Å². The highest BCUT2D eigenvalue weighted by molar-refractivity contribution is 6.07. The van der Waals surface area contributed by atoms with E-state index >= 15 is 0 Å². The molecule has 6 nitrogen and oxygen atoms in total. The minimum atomic E-state index is -1.10. The number of nitrogens with zero attached hydrogens (tertiary/aromatic N) is 2. The van der Waals surface area contributed by atoms with Crippen LogP contribution in [0.5, 0.6) is 0 Å². The molecule has 3 aromatic rings. The molecule has 148 valence electrons. The van der Waals surface area contributed by atoms with Crippen LogP contribution >= 0.6 is 0 Å². The van der Waals surface area contributed by atoms with Crippen LogP contribution in [0.15, 0.2) is 65.2 Å². The largest absolute Gasteiger partial charge is 0.439 e. The third-order valence-corrected chi connectivity index (χ3v) is 5.25. The fourth-order valence-corrected chi connectivity index (χ4v) is 3.58. The monoisotopic (exact) mass is 389 g/mol. The molecule has 1 atom stereocenters. The second-order valence-electron chi connectivity index (χ2n) is 7.38.